The van der Waals surface area contributed by atoms with Crippen molar-refractivity contribution in [1.82, 2.24) is 10.3 Å². The van der Waals surface area contributed by atoms with Gasteiger partial charge in [0.1, 0.15) is 17.1 Å². The second-order valence-electron chi connectivity index (χ2n) is 8.45. The number of amides is 1. The fourth-order valence-corrected chi connectivity index (χ4v) is 4.64. The highest BCUT2D eigenvalue weighted by Crippen LogP contribution is 2.35. The number of carbonyl (C=O) groups is 1. The van der Waals surface area contributed by atoms with Crippen LogP contribution in [0.25, 0.3) is 21.9 Å². The van der Waals surface area contributed by atoms with E-state index in [1.807, 2.05) is 43.5 Å². The molecule has 0 radical (unpaired) electrons. The van der Waals surface area contributed by atoms with E-state index in [9.17, 15) is 9.59 Å². The number of fused-ring (bicyclic) bond motifs is 4. The monoisotopic (exact) mass is 446 g/mol. The molecule has 1 amide bonds. The molecule has 5 rings (SSSR count). The highest BCUT2D eigenvalue weighted by atomic mass is 16.5. The Balaban J connectivity index is 1.26. The van der Waals surface area contributed by atoms with Crippen molar-refractivity contribution in [3.63, 3.8) is 0 Å². The average molecular weight is 447 g/mol. The van der Waals surface area contributed by atoms with Crippen molar-refractivity contribution in [1.29, 1.82) is 0 Å². The van der Waals surface area contributed by atoms with Crippen LogP contribution in [0, 0.1) is 6.92 Å². The molecule has 0 saturated carbocycles. The molecule has 0 atom stereocenters. The van der Waals surface area contributed by atoms with Crippen molar-refractivity contribution < 1.29 is 18.7 Å². The maximum atomic E-state index is 12.5. The molecule has 7 nitrogen and oxygen atoms in total. The molecule has 0 unspecified atom stereocenters. The Morgan fingerprint density at radius 3 is 2.88 bits per heavy atom. The Labute approximate surface area is 190 Å². The summed E-state index contributed by atoms with van der Waals surface area (Å²) in [5, 5.41) is 4.82. The fourth-order valence-electron chi connectivity index (χ4n) is 4.64. The molecule has 2 aromatic heterocycles. The van der Waals surface area contributed by atoms with Crippen LogP contribution in [0.5, 0.6) is 11.5 Å². The van der Waals surface area contributed by atoms with Crippen LogP contribution in [-0.2, 0) is 24.1 Å². The van der Waals surface area contributed by atoms with E-state index in [4.69, 9.17) is 13.9 Å². The number of carbonyl (C=O) groups excluding carboxylic acids is 1. The van der Waals surface area contributed by atoms with Gasteiger partial charge in [-0.3, -0.25) is 4.79 Å². The van der Waals surface area contributed by atoms with Gasteiger partial charge in [0.25, 0.3) is 5.91 Å². The van der Waals surface area contributed by atoms with Crippen molar-refractivity contribution in [2.45, 2.75) is 32.6 Å². The summed E-state index contributed by atoms with van der Waals surface area (Å²) in [5.41, 5.74) is 5.03. The molecule has 1 aliphatic rings. The SMILES string of the molecule is COc1ccc2[nH]cc(CCNC(=O)COc3cc(C)cc4oc(=O)c5c(c34)CCC5)c2c1. The molecular formula is C26H26N2O5. The molecule has 0 fully saturated rings. The number of aryl methyl sites for hydroxylation is 2. The zero-order valence-electron chi connectivity index (χ0n) is 18.7. The van der Waals surface area contributed by atoms with E-state index in [0.717, 1.165) is 63.6 Å². The molecule has 7 heteroatoms. The van der Waals surface area contributed by atoms with E-state index in [2.05, 4.69) is 10.3 Å². The van der Waals surface area contributed by atoms with Crippen LogP contribution < -0.4 is 20.4 Å². The molecule has 2 N–H and O–H groups in total. The lowest BCUT2D eigenvalue weighted by atomic mass is 10.0. The van der Waals surface area contributed by atoms with Gasteiger partial charge in [-0.25, -0.2) is 4.79 Å². The minimum Gasteiger partial charge on any atom is -0.497 e. The molecular weight excluding hydrogens is 420 g/mol. The quantitative estimate of drug-likeness (QED) is 0.421. The number of nitrogens with one attached hydrogen (secondary N) is 2. The van der Waals surface area contributed by atoms with E-state index >= 15 is 0 Å². The van der Waals surface area contributed by atoms with Gasteiger partial charge in [-0.1, -0.05) is 0 Å². The third-order valence-corrected chi connectivity index (χ3v) is 6.23. The largest absolute Gasteiger partial charge is 0.497 e. The minimum absolute atomic E-state index is 0.103. The number of hydrogen-bond acceptors (Lipinski definition) is 5. The Hall–Kier alpha value is -3.74. The summed E-state index contributed by atoms with van der Waals surface area (Å²) in [5.74, 6) is 1.19. The van der Waals surface area contributed by atoms with Gasteiger partial charge in [-0.2, -0.15) is 0 Å². The van der Waals surface area contributed by atoms with E-state index in [1.165, 1.54) is 0 Å². The van der Waals surface area contributed by atoms with Crippen molar-refractivity contribution in [2.75, 3.05) is 20.3 Å². The van der Waals surface area contributed by atoms with Gasteiger partial charge in [0.2, 0.25) is 0 Å². The maximum Gasteiger partial charge on any atom is 0.339 e. The molecule has 4 aromatic rings. The Bertz CT molecular complexity index is 1420. The van der Waals surface area contributed by atoms with E-state index in [1.54, 1.807) is 7.11 Å². The van der Waals surface area contributed by atoms with Crippen molar-refractivity contribution in [3.8, 4) is 11.5 Å². The topological polar surface area (TPSA) is 93.6 Å². The number of aromatic amines is 1. The minimum atomic E-state index is -0.265. The van der Waals surface area contributed by atoms with Gasteiger partial charge in [0.05, 0.1) is 12.5 Å². The predicted octanol–water partition coefficient (Wildman–Crippen LogP) is 3.82. The molecule has 2 heterocycles. The number of ether oxygens (including phenoxy) is 2. The molecule has 0 bridgehead atoms. The van der Waals surface area contributed by atoms with Gasteiger partial charge in [-0.15, -0.1) is 0 Å². The van der Waals surface area contributed by atoms with E-state index in [0.29, 0.717) is 24.3 Å². The summed E-state index contributed by atoms with van der Waals surface area (Å²) in [7, 11) is 1.65. The normalized spacial score (nSPS) is 12.8. The zero-order chi connectivity index (χ0) is 22.9. The van der Waals surface area contributed by atoms with Crippen LogP contribution in [0.3, 0.4) is 0 Å². The van der Waals surface area contributed by atoms with Gasteiger partial charge in [0, 0.05) is 29.2 Å². The standard InChI is InChI=1S/C26H26N2O5/c1-15-10-22(25-18-4-3-5-19(18)26(30)33-23(25)11-15)32-14-24(29)27-9-8-16-13-28-21-7-6-17(31-2)12-20(16)21/h6-7,10-13,28H,3-5,8-9,14H2,1-2H3,(H,27,29). The number of hydrogen-bond donors (Lipinski definition) is 2. The smallest absolute Gasteiger partial charge is 0.339 e. The highest BCUT2D eigenvalue weighted by Gasteiger charge is 2.22. The van der Waals surface area contributed by atoms with Gasteiger partial charge < -0.3 is 24.2 Å². The molecule has 33 heavy (non-hydrogen) atoms. The Morgan fingerprint density at radius 1 is 1.18 bits per heavy atom. The third-order valence-electron chi connectivity index (χ3n) is 6.23. The number of methoxy groups -OCH3 is 1. The molecule has 1 aliphatic carbocycles. The molecule has 170 valence electrons. The lowest BCUT2D eigenvalue weighted by Crippen LogP contribution is -2.30. The fraction of sp³-hybridized carbons (Fsp3) is 0.308. The highest BCUT2D eigenvalue weighted by molar-refractivity contribution is 5.89. The van der Waals surface area contributed by atoms with Crippen LogP contribution in [0.15, 0.2) is 45.7 Å². The number of rotatable bonds is 7. The van der Waals surface area contributed by atoms with Gasteiger partial charge in [-0.05, 0) is 79.6 Å². The Kier molecular flexibility index (Phi) is 5.54. The first-order chi connectivity index (χ1) is 16.0. The number of aromatic nitrogens is 1. The van der Waals surface area contributed by atoms with Crippen molar-refractivity contribution in [2.24, 2.45) is 0 Å². The van der Waals surface area contributed by atoms with Crippen molar-refractivity contribution >= 4 is 27.8 Å². The van der Waals surface area contributed by atoms with Crippen LogP contribution in [0.2, 0.25) is 0 Å². The summed E-state index contributed by atoms with van der Waals surface area (Å²) in [4.78, 5) is 28.0. The summed E-state index contributed by atoms with van der Waals surface area (Å²) >= 11 is 0. The first-order valence-electron chi connectivity index (χ1n) is 11.2. The van der Waals surface area contributed by atoms with Crippen LogP contribution in [0.1, 0.15) is 28.7 Å². The summed E-state index contributed by atoms with van der Waals surface area (Å²) in [6.45, 7) is 2.30. The average Bonchev–Trinajstić information content (AvgIpc) is 3.45. The third kappa shape index (κ3) is 4.06. The summed E-state index contributed by atoms with van der Waals surface area (Å²) < 4.78 is 16.8. The molecule has 0 saturated heterocycles. The summed E-state index contributed by atoms with van der Waals surface area (Å²) in [6.07, 6.45) is 5.11. The Morgan fingerprint density at radius 2 is 2.03 bits per heavy atom. The van der Waals surface area contributed by atoms with Crippen LogP contribution >= 0.6 is 0 Å². The first kappa shape index (κ1) is 21.1. The summed E-state index contributed by atoms with van der Waals surface area (Å²) in [6, 6.07) is 9.63. The lowest BCUT2D eigenvalue weighted by molar-refractivity contribution is -0.123. The second-order valence-corrected chi connectivity index (χ2v) is 8.45. The molecule has 0 aliphatic heterocycles. The second kappa shape index (κ2) is 8.65. The lowest BCUT2D eigenvalue weighted by Gasteiger charge is -2.13. The predicted molar refractivity (Wildman–Crippen MR) is 126 cm³/mol. The maximum absolute atomic E-state index is 12.5. The van der Waals surface area contributed by atoms with Gasteiger partial charge >= 0.3 is 5.63 Å². The van der Waals surface area contributed by atoms with Crippen molar-refractivity contribution in [3.05, 3.63) is 69.2 Å². The molecule has 0 spiro atoms. The molecule has 2 aromatic carbocycles. The van der Waals surface area contributed by atoms with E-state index < -0.39 is 0 Å². The number of benzene rings is 2. The van der Waals surface area contributed by atoms with Gasteiger partial charge in [0.15, 0.2) is 6.61 Å². The number of H-pyrrole nitrogens is 1. The first-order valence-corrected chi connectivity index (χ1v) is 11.2. The van der Waals surface area contributed by atoms with Crippen LogP contribution in [0.4, 0.5) is 0 Å². The van der Waals surface area contributed by atoms with E-state index in [-0.39, 0.29) is 18.1 Å². The zero-order valence-corrected chi connectivity index (χ0v) is 18.7. The van der Waals surface area contributed by atoms with Crippen LogP contribution in [-0.4, -0.2) is 31.2 Å².